The van der Waals surface area contributed by atoms with Crippen LogP contribution < -0.4 is 5.32 Å². The average molecular weight is 716 g/mol. The van der Waals surface area contributed by atoms with E-state index in [1.165, 1.54) is 21.7 Å². The number of piperidine rings is 1. The van der Waals surface area contributed by atoms with Gasteiger partial charge in [0, 0.05) is 80.2 Å². The van der Waals surface area contributed by atoms with Crippen LogP contribution in [0.1, 0.15) is 27.0 Å². The molecule has 0 radical (unpaired) electrons. The van der Waals surface area contributed by atoms with Gasteiger partial charge in [0.2, 0.25) is 0 Å². The maximum Gasteiger partial charge on any atom is 0.254 e. The summed E-state index contributed by atoms with van der Waals surface area (Å²) in [5.41, 5.74) is 1.51. The molecule has 2 aliphatic heterocycles. The lowest BCUT2D eigenvalue weighted by molar-refractivity contribution is -0.132. The molecule has 1 N–H and O–H groups in total. The SMILES string of the molecule is N#Cc1ccc(C(=O)/C=C2\NC(Cc3ccncc3)(Cc3ccncc3)C(=O)N2C2[C@H]3CN(S(=O)(=O)c4ccc(Br)s4)C[C@@H]23)cc1. The highest BCUT2D eigenvalue weighted by atomic mass is 79.9. The summed E-state index contributed by atoms with van der Waals surface area (Å²) in [5.74, 6) is -0.244. The van der Waals surface area contributed by atoms with E-state index in [2.05, 4.69) is 37.3 Å². The van der Waals surface area contributed by atoms with Crippen molar-refractivity contribution in [1.29, 1.82) is 5.26 Å². The van der Waals surface area contributed by atoms with Gasteiger partial charge in [-0.15, -0.1) is 11.3 Å². The lowest BCUT2D eigenvalue weighted by Crippen LogP contribution is -2.51. The number of carbonyl (C=O) groups is 2. The van der Waals surface area contributed by atoms with Crippen molar-refractivity contribution in [3.63, 3.8) is 0 Å². The molecule has 13 heteroatoms. The quantitative estimate of drug-likeness (QED) is 0.202. The minimum absolute atomic E-state index is 0.0741. The zero-order valence-corrected chi connectivity index (χ0v) is 27.5. The van der Waals surface area contributed by atoms with Crippen LogP contribution in [0.3, 0.4) is 0 Å². The number of amides is 1. The topological polar surface area (TPSA) is 136 Å². The third-order valence-corrected chi connectivity index (χ3v) is 12.8. The van der Waals surface area contributed by atoms with Crippen molar-refractivity contribution in [2.24, 2.45) is 11.8 Å². The molecule has 3 fully saturated rings. The first kappa shape index (κ1) is 30.4. The Kier molecular flexibility index (Phi) is 7.84. The molecule has 2 saturated heterocycles. The molecule has 5 heterocycles. The van der Waals surface area contributed by atoms with Gasteiger partial charge in [-0.1, -0.05) is 0 Å². The first-order valence-electron chi connectivity index (χ1n) is 14.6. The second-order valence-electron chi connectivity index (χ2n) is 11.7. The second-order valence-corrected chi connectivity index (χ2v) is 16.4. The standard InChI is InChI=1S/C33H27BrN6O4S2/c34-28-5-6-30(45-28)46(43,44)39-19-25-26(20-39)31(25)40-29(15-27(41)24-3-1-23(18-35)2-4-24)38-33(32(40)42,16-21-7-11-36-12-8-21)17-22-9-13-37-14-10-22/h1-15,25-26,31,38H,16-17,19-20H2/b29-15+/t25-,26+,31?. The van der Waals surface area contributed by atoms with Gasteiger partial charge in [-0.2, -0.15) is 9.57 Å². The summed E-state index contributed by atoms with van der Waals surface area (Å²) in [6.45, 7) is 0.574. The first-order chi connectivity index (χ1) is 22.2. The number of nitrogens with zero attached hydrogens (tertiary/aromatic N) is 5. The van der Waals surface area contributed by atoms with Crippen molar-refractivity contribution in [3.8, 4) is 6.07 Å². The number of hydrogen-bond donors (Lipinski definition) is 1. The third-order valence-electron chi connectivity index (χ3n) is 8.89. The van der Waals surface area contributed by atoms with Gasteiger partial charge >= 0.3 is 0 Å². The minimum atomic E-state index is -3.66. The Bertz CT molecular complexity index is 1940. The largest absolute Gasteiger partial charge is 0.357 e. The highest BCUT2D eigenvalue weighted by Gasteiger charge is 2.65. The van der Waals surface area contributed by atoms with Crippen LogP contribution in [0.15, 0.2) is 105 Å². The molecule has 232 valence electrons. The molecule has 0 bridgehead atoms. The van der Waals surface area contributed by atoms with Gasteiger partial charge in [-0.05, 0) is 87.7 Å². The number of pyridine rings is 2. The van der Waals surface area contributed by atoms with Crippen LogP contribution in [-0.2, 0) is 27.7 Å². The van der Waals surface area contributed by atoms with Crippen LogP contribution in [0, 0.1) is 23.2 Å². The molecular formula is C33H27BrN6O4S2. The van der Waals surface area contributed by atoms with Crippen molar-refractivity contribution < 1.29 is 18.0 Å². The predicted molar refractivity (Wildman–Crippen MR) is 174 cm³/mol. The molecule has 4 aromatic rings. The van der Waals surface area contributed by atoms with E-state index >= 15 is 0 Å². The van der Waals surface area contributed by atoms with Crippen LogP contribution in [0.4, 0.5) is 0 Å². The highest BCUT2D eigenvalue weighted by molar-refractivity contribution is 9.11. The Morgan fingerprint density at radius 2 is 1.57 bits per heavy atom. The maximum atomic E-state index is 14.8. The number of ketones is 1. The number of hydrogen-bond acceptors (Lipinski definition) is 9. The van der Waals surface area contributed by atoms with Crippen LogP contribution in [0.2, 0.25) is 0 Å². The molecule has 3 atom stereocenters. The van der Waals surface area contributed by atoms with Gasteiger partial charge in [0.15, 0.2) is 5.78 Å². The van der Waals surface area contributed by atoms with Crippen molar-refractivity contribution in [2.75, 3.05) is 13.1 Å². The number of sulfonamides is 1. The molecule has 46 heavy (non-hydrogen) atoms. The molecule has 3 aliphatic rings. The number of thiophene rings is 1. The number of carbonyl (C=O) groups excluding carboxylic acids is 2. The van der Waals surface area contributed by atoms with Gasteiger partial charge in [0.05, 0.1) is 15.4 Å². The van der Waals surface area contributed by atoms with Gasteiger partial charge in [0.1, 0.15) is 15.6 Å². The van der Waals surface area contributed by atoms with Gasteiger partial charge in [-0.3, -0.25) is 24.5 Å². The fraction of sp³-hybridized carbons (Fsp3) is 0.242. The van der Waals surface area contributed by atoms with Crippen LogP contribution in [-0.4, -0.2) is 64.0 Å². The van der Waals surface area contributed by atoms with Crippen molar-refractivity contribution in [1.82, 2.24) is 24.5 Å². The summed E-state index contributed by atoms with van der Waals surface area (Å²) >= 11 is 4.52. The molecule has 3 aromatic heterocycles. The van der Waals surface area contributed by atoms with E-state index in [9.17, 15) is 23.3 Å². The fourth-order valence-corrected chi connectivity index (χ4v) is 10.3. The number of halogens is 1. The summed E-state index contributed by atoms with van der Waals surface area (Å²) < 4.78 is 29.2. The number of nitriles is 1. The second kappa shape index (κ2) is 11.9. The number of nitrogens with one attached hydrogen (secondary N) is 1. The van der Waals surface area contributed by atoms with Gasteiger partial charge in [-0.25, -0.2) is 8.42 Å². The van der Waals surface area contributed by atoms with Gasteiger partial charge in [0.25, 0.3) is 15.9 Å². The van der Waals surface area contributed by atoms with E-state index < -0.39 is 15.6 Å². The van der Waals surface area contributed by atoms with E-state index in [1.54, 1.807) is 66.1 Å². The zero-order chi connectivity index (χ0) is 32.1. The Labute approximate surface area is 278 Å². The van der Waals surface area contributed by atoms with E-state index in [4.69, 9.17) is 0 Å². The normalized spacial score (nSPS) is 22.8. The smallest absolute Gasteiger partial charge is 0.254 e. The van der Waals surface area contributed by atoms with E-state index in [-0.39, 0.29) is 46.9 Å². The summed E-state index contributed by atoms with van der Waals surface area (Å²) in [4.78, 5) is 38.3. The number of rotatable bonds is 9. The van der Waals surface area contributed by atoms with E-state index in [0.29, 0.717) is 29.8 Å². The summed E-state index contributed by atoms with van der Waals surface area (Å²) in [6, 6.07) is 18.9. The Morgan fingerprint density at radius 3 is 2.09 bits per heavy atom. The Hall–Kier alpha value is -4.22. The molecule has 1 saturated carbocycles. The molecule has 10 nitrogen and oxygen atoms in total. The number of aromatic nitrogens is 2. The van der Waals surface area contributed by atoms with Crippen molar-refractivity contribution >= 4 is 49.0 Å². The number of benzene rings is 1. The zero-order valence-electron chi connectivity index (χ0n) is 24.3. The molecule has 7 rings (SSSR count). The lowest BCUT2D eigenvalue weighted by atomic mass is 9.85. The Balaban J connectivity index is 1.24. The number of fused-ring (bicyclic) bond motifs is 1. The summed E-state index contributed by atoms with van der Waals surface area (Å²) in [7, 11) is -3.66. The van der Waals surface area contributed by atoms with Crippen molar-refractivity contribution in [3.05, 3.63) is 123 Å². The van der Waals surface area contributed by atoms with E-state index in [1.807, 2.05) is 24.3 Å². The fourth-order valence-electron chi connectivity index (χ4n) is 6.62. The molecule has 1 amide bonds. The first-order valence-corrected chi connectivity index (χ1v) is 17.6. The Morgan fingerprint density at radius 1 is 0.978 bits per heavy atom. The minimum Gasteiger partial charge on any atom is -0.357 e. The van der Waals surface area contributed by atoms with Crippen LogP contribution in [0.25, 0.3) is 0 Å². The monoisotopic (exact) mass is 714 g/mol. The average Bonchev–Trinajstić information content (AvgIpc) is 3.39. The summed E-state index contributed by atoms with van der Waals surface area (Å²) in [6.07, 6.45) is 8.87. The van der Waals surface area contributed by atoms with Crippen molar-refractivity contribution in [2.45, 2.75) is 28.6 Å². The highest BCUT2D eigenvalue weighted by Crippen LogP contribution is 2.53. The predicted octanol–water partition coefficient (Wildman–Crippen LogP) is 4.17. The van der Waals surface area contributed by atoms with Crippen LogP contribution in [0.5, 0.6) is 0 Å². The third kappa shape index (κ3) is 5.55. The molecule has 0 spiro atoms. The molecule has 1 aromatic carbocycles. The van der Waals surface area contributed by atoms with E-state index in [0.717, 1.165) is 14.9 Å². The van der Waals surface area contributed by atoms with Gasteiger partial charge < -0.3 is 5.32 Å². The number of allylic oxidation sites excluding steroid dienone is 1. The summed E-state index contributed by atoms with van der Waals surface area (Å²) in [5, 5.41) is 12.7. The lowest BCUT2D eigenvalue weighted by Gasteiger charge is -2.28. The molecule has 1 unspecified atom stereocenters. The molecule has 1 aliphatic carbocycles. The molecular weight excluding hydrogens is 688 g/mol. The van der Waals surface area contributed by atoms with Crippen LogP contribution >= 0.6 is 27.3 Å². The maximum absolute atomic E-state index is 14.8.